The minimum absolute atomic E-state index is 0.192. The molecule has 0 N–H and O–H groups in total. The molecular weight excluding hydrogens is 124 g/mol. The molecule has 0 aliphatic heterocycles. The van der Waals surface area contributed by atoms with Gasteiger partial charge in [0.15, 0.2) is 0 Å². The highest BCUT2D eigenvalue weighted by Gasteiger charge is 2.29. The molecule has 1 rings (SSSR count). The molecule has 60 valence electrons. The van der Waals surface area contributed by atoms with E-state index in [1.807, 2.05) is 7.11 Å². The Kier molecular flexibility index (Phi) is 2.35. The highest BCUT2D eigenvalue weighted by atomic mass is 16.5. The maximum atomic E-state index is 5.45. The number of hydrogen-bond acceptors (Lipinski definition) is 1. The zero-order valence-corrected chi connectivity index (χ0v) is 7.31. The molecule has 0 saturated heterocycles. The van der Waals surface area contributed by atoms with Crippen LogP contribution in [0.15, 0.2) is 0 Å². The fourth-order valence-corrected chi connectivity index (χ4v) is 1.95. The third-order valence-corrected chi connectivity index (χ3v) is 2.68. The molecule has 1 fully saturated rings. The van der Waals surface area contributed by atoms with E-state index in [1.165, 1.54) is 25.7 Å². The maximum Gasteiger partial charge on any atom is 0.0653 e. The summed E-state index contributed by atoms with van der Waals surface area (Å²) in [7, 11) is 1.83. The number of rotatable bonds is 1. The largest absolute Gasteiger partial charge is 0.379 e. The van der Waals surface area contributed by atoms with Crippen LogP contribution in [0.2, 0.25) is 0 Å². The van der Waals surface area contributed by atoms with Crippen LogP contribution in [0.4, 0.5) is 0 Å². The first-order chi connectivity index (χ1) is 4.66. The first-order valence-electron chi connectivity index (χ1n) is 4.21. The van der Waals surface area contributed by atoms with Crippen molar-refractivity contribution < 1.29 is 4.74 Å². The van der Waals surface area contributed by atoms with Gasteiger partial charge in [-0.2, -0.15) is 0 Å². The second kappa shape index (κ2) is 2.91. The van der Waals surface area contributed by atoms with Gasteiger partial charge in [-0.15, -0.1) is 0 Å². The van der Waals surface area contributed by atoms with Crippen molar-refractivity contribution in [3.63, 3.8) is 0 Å². The third-order valence-electron chi connectivity index (χ3n) is 2.68. The Labute approximate surface area is 63.8 Å². The van der Waals surface area contributed by atoms with Crippen LogP contribution in [0.1, 0.15) is 39.5 Å². The van der Waals surface area contributed by atoms with Crippen LogP contribution in [-0.4, -0.2) is 12.7 Å². The molecule has 0 spiro atoms. The number of ether oxygens (including phenoxy) is 1. The molecule has 0 amide bonds. The molecule has 0 aromatic heterocycles. The standard InChI is InChI=1S/C9H18O/c1-8-5-4-6-9(2,7-8)10-3/h8H,4-7H2,1-3H3/t8-,9+/m1/s1. The van der Waals surface area contributed by atoms with Gasteiger partial charge in [-0.3, -0.25) is 0 Å². The smallest absolute Gasteiger partial charge is 0.0653 e. The van der Waals surface area contributed by atoms with Crippen molar-refractivity contribution in [1.82, 2.24) is 0 Å². The van der Waals surface area contributed by atoms with Gasteiger partial charge in [-0.1, -0.05) is 19.8 Å². The first kappa shape index (κ1) is 8.06. The predicted octanol–water partition coefficient (Wildman–Crippen LogP) is 2.60. The van der Waals surface area contributed by atoms with Crippen molar-refractivity contribution in [2.75, 3.05) is 7.11 Å². The molecule has 0 aromatic carbocycles. The van der Waals surface area contributed by atoms with Crippen LogP contribution < -0.4 is 0 Å². The zero-order valence-electron chi connectivity index (χ0n) is 7.31. The van der Waals surface area contributed by atoms with Crippen molar-refractivity contribution >= 4 is 0 Å². The quantitative estimate of drug-likeness (QED) is 0.547. The number of hydrogen-bond donors (Lipinski definition) is 0. The fraction of sp³-hybridized carbons (Fsp3) is 1.00. The summed E-state index contributed by atoms with van der Waals surface area (Å²) in [5.74, 6) is 0.860. The van der Waals surface area contributed by atoms with Gasteiger partial charge in [0.2, 0.25) is 0 Å². The van der Waals surface area contributed by atoms with Crippen molar-refractivity contribution in [1.29, 1.82) is 0 Å². The topological polar surface area (TPSA) is 9.23 Å². The van der Waals surface area contributed by atoms with Gasteiger partial charge in [0.25, 0.3) is 0 Å². The van der Waals surface area contributed by atoms with E-state index in [9.17, 15) is 0 Å². The summed E-state index contributed by atoms with van der Waals surface area (Å²) < 4.78 is 5.45. The van der Waals surface area contributed by atoms with Gasteiger partial charge in [0.05, 0.1) is 5.60 Å². The van der Waals surface area contributed by atoms with E-state index in [-0.39, 0.29) is 5.60 Å². The van der Waals surface area contributed by atoms with E-state index in [0.29, 0.717) is 0 Å². The van der Waals surface area contributed by atoms with Gasteiger partial charge in [0, 0.05) is 7.11 Å². The molecule has 1 nitrogen and oxygen atoms in total. The summed E-state index contributed by atoms with van der Waals surface area (Å²) in [4.78, 5) is 0. The molecule has 0 bridgehead atoms. The average Bonchev–Trinajstić information content (AvgIpc) is 1.88. The minimum atomic E-state index is 0.192. The van der Waals surface area contributed by atoms with Crippen molar-refractivity contribution in [3.8, 4) is 0 Å². The Balaban J connectivity index is 2.45. The zero-order chi connectivity index (χ0) is 7.61. The summed E-state index contributed by atoms with van der Waals surface area (Å²) in [6.07, 6.45) is 5.21. The SMILES string of the molecule is CO[C@@]1(C)CCC[C@@H](C)C1. The van der Waals surface area contributed by atoms with E-state index < -0.39 is 0 Å². The van der Waals surface area contributed by atoms with Crippen molar-refractivity contribution in [2.24, 2.45) is 5.92 Å². The molecule has 0 unspecified atom stereocenters. The average molecular weight is 142 g/mol. The lowest BCUT2D eigenvalue weighted by Crippen LogP contribution is -2.33. The van der Waals surface area contributed by atoms with Gasteiger partial charge >= 0.3 is 0 Å². The summed E-state index contributed by atoms with van der Waals surface area (Å²) in [6.45, 7) is 4.54. The van der Waals surface area contributed by atoms with Crippen LogP contribution in [0.3, 0.4) is 0 Å². The molecule has 0 heterocycles. The highest BCUT2D eigenvalue weighted by Crippen LogP contribution is 2.33. The van der Waals surface area contributed by atoms with Gasteiger partial charge < -0.3 is 4.74 Å². The van der Waals surface area contributed by atoms with Crippen molar-refractivity contribution in [3.05, 3.63) is 0 Å². The maximum absolute atomic E-state index is 5.45. The lowest BCUT2D eigenvalue weighted by atomic mass is 9.80. The second-order valence-corrected chi connectivity index (χ2v) is 3.86. The molecule has 1 aliphatic carbocycles. The molecule has 1 heteroatoms. The molecule has 1 aliphatic rings. The van der Waals surface area contributed by atoms with Crippen LogP contribution in [0.25, 0.3) is 0 Å². The normalized spacial score (nSPS) is 41.7. The molecule has 10 heavy (non-hydrogen) atoms. The van der Waals surface area contributed by atoms with E-state index >= 15 is 0 Å². The summed E-state index contributed by atoms with van der Waals surface area (Å²) in [5.41, 5.74) is 0.192. The van der Waals surface area contributed by atoms with E-state index in [2.05, 4.69) is 13.8 Å². The Bertz CT molecular complexity index is 111. The van der Waals surface area contributed by atoms with Crippen LogP contribution in [-0.2, 0) is 4.74 Å². The van der Waals surface area contributed by atoms with Gasteiger partial charge in [-0.05, 0) is 25.7 Å². The molecular formula is C9H18O. The fourth-order valence-electron chi connectivity index (χ4n) is 1.95. The monoisotopic (exact) mass is 142 g/mol. The Hall–Kier alpha value is -0.0400. The molecule has 0 radical (unpaired) electrons. The van der Waals surface area contributed by atoms with E-state index in [0.717, 1.165) is 5.92 Å². The Morgan fingerprint density at radius 2 is 2.20 bits per heavy atom. The number of methoxy groups -OCH3 is 1. The predicted molar refractivity (Wildman–Crippen MR) is 43.0 cm³/mol. The van der Waals surface area contributed by atoms with Crippen LogP contribution in [0, 0.1) is 5.92 Å². The third kappa shape index (κ3) is 1.72. The van der Waals surface area contributed by atoms with Crippen LogP contribution >= 0.6 is 0 Å². The van der Waals surface area contributed by atoms with Crippen molar-refractivity contribution in [2.45, 2.75) is 45.1 Å². The van der Waals surface area contributed by atoms with Gasteiger partial charge in [-0.25, -0.2) is 0 Å². The molecule has 2 atom stereocenters. The second-order valence-electron chi connectivity index (χ2n) is 3.86. The summed E-state index contributed by atoms with van der Waals surface area (Å²) >= 11 is 0. The lowest BCUT2D eigenvalue weighted by Gasteiger charge is -2.35. The van der Waals surface area contributed by atoms with E-state index in [1.54, 1.807) is 0 Å². The minimum Gasteiger partial charge on any atom is -0.379 e. The Morgan fingerprint density at radius 3 is 2.60 bits per heavy atom. The highest BCUT2D eigenvalue weighted by molar-refractivity contribution is 4.81. The Morgan fingerprint density at radius 1 is 1.50 bits per heavy atom. The first-order valence-corrected chi connectivity index (χ1v) is 4.21. The lowest BCUT2D eigenvalue weighted by molar-refractivity contribution is -0.0369. The van der Waals surface area contributed by atoms with Gasteiger partial charge in [0.1, 0.15) is 0 Å². The molecule has 0 aromatic rings. The van der Waals surface area contributed by atoms with Crippen LogP contribution in [0.5, 0.6) is 0 Å². The molecule has 1 saturated carbocycles. The summed E-state index contributed by atoms with van der Waals surface area (Å²) in [6, 6.07) is 0. The van der Waals surface area contributed by atoms with E-state index in [4.69, 9.17) is 4.74 Å². The summed E-state index contributed by atoms with van der Waals surface area (Å²) in [5, 5.41) is 0.